The van der Waals surface area contributed by atoms with Crippen molar-refractivity contribution in [2.75, 3.05) is 0 Å². The average Bonchev–Trinajstić information content (AvgIpc) is 2.64. The van der Waals surface area contributed by atoms with Gasteiger partial charge in [0.25, 0.3) is 0 Å². The number of hydrogen-bond acceptors (Lipinski definition) is 1. The van der Waals surface area contributed by atoms with Crippen molar-refractivity contribution in [3.05, 3.63) is 114 Å². The summed E-state index contributed by atoms with van der Waals surface area (Å²) in [6, 6.07) is 29.6. The second-order valence-electron chi connectivity index (χ2n) is 4.74. The van der Waals surface area contributed by atoms with Crippen LogP contribution in [0.5, 0.6) is 0 Å². The highest BCUT2D eigenvalue weighted by atomic mass is 16.1. The van der Waals surface area contributed by atoms with Crippen molar-refractivity contribution in [2.45, 2.75) is 0 Å². The molecule has 0 fully saturated rings. The third-order valence-electron chi connectivity index (χ3n) is 3.18. The second kappa shape index (κ2) is 8.38. The molecule has 1 heteroatoms. The molecular weight excluding hydrogens is 268 g/mol. The summed E-state index contributed by atoms with van der Waals surface area (Å²) >= 11 is 0. The highest BCUT2D eigenvalue weighted by Gasteiger charge is 1.99. The van der Waals surface area contributed by atoms with Crippen LogP contribution in [0.2, 0.25) is 0 Å². The molecule has 0 aliphatic rings. The molecule has 3 aromatic carbocycles. The molecule has 0 atom stereocenters. The molecule has 0 bridgehead atoms. The van der Waals surface area contributed by atoms with Gasteiger partial charge in [-0.05, 0) is 16.7 Å². The zero-order valence-corrected chi connectivity index (χ0v) is 12.4. The minimum absolute atomic E-state index is 0.729. The van der Waals surface area contributed by atoms with E-state index in [0.717, 1.165) is 17.4 Å². The average molecular weight is 286 g/mol. The van der Waals surface area contributed by atoms with Crippen molar-refractivity contribution < 1.29 is 4.79 Å². The van der Waals surface area contributed by atoms with Gasteiger partial charge in [-0.15, -0.1) is 0 Å². The van der Waals surface area contributed by atoms with Gasteiger partial charge < -0.3 is 0 Å². The summed E-state index contributed by atoms with van der Waals surface area (Å²) in [5.41, 5.74) is 4.16. The Labute approximate surface area is 131 Å². The van der Waals surface area contributed by atoms with Crippen LogP contribution in [0, 0.1) is 0 Å². The molecule has 0 aliphatic carbocycles. The molecule has 0 N–H and O–H groups in total. The van der Waals surface area contributed by atoms with E-state index in [9.17, 15) is 4.79 Å². The molecule has 0 spiro atoms. The lowest BCUT2D eigenvalue weighted by Gasteiger charge is -2.04. The molecule has 0 saturated heterocycles. The van der Waals surface area contributed by atoms with Gasteiger partial charge in [0.1, 0.15) is 6.29 Å². The number of carbonyl (C=O) groups excluding carboxylic acids is 1. The number of carbonyl (C=O) groups is 1. The molecule has 3 aromatic rings. The van der Waals surface area contributed by atoms with Gasteiger partial charge in [-0.1, -0.05) is 97.6 Å². The fourth-order valence-corrected chi connectivity index (χ4v) is 1.98. The standard InChI is InChI=1S/C14H12.C7H6O/c1-12(13-8-4-2-5-9-13)14-10-6-3-7-11-14;8-6-7-4-2-1-3-5-7/h2-11H,1H2;1-6H. The highest BCUT2D eigenvalue weighted by molar-refractivity contribution is 5.77. The third kappa shape index (κ3) is 4.57. The fraction of sp³-hybridized carbons (Fsp3) is 0. The summed E-state index contributed by atoms with van der Waals surface area (Å²) in [5, 5.41) is 0. The van der Waals surface area contributed by atoms with Crippen LogP contribution in [0.15, 0.2) is 97.6 Å². The Morgan fingerprint density at radius 3 is 1.32 bits per heavy atom. The van der Waals surface area contributed by atoms with Crippen LogP contribution in [0.3, 0.4) is 0 Å². The van der Waals surface area contributed by atoms with E-state index in [-0.39, 0.29) is 0 Å². The monoisotopic (exact) mass is 286 g/mol. The van der Waals surface area contributed by atoms with E-state index in [0.29, 0.717) is 0 Å². The van der Waals surface area contributed by atoms with Gasteiger partial charge in [0, 0.05) is 5.56 Å². The van der Waals surface area contributed by atoms with E-state index in [1.165, 1.54) is 11.1 Å². The zero-order valence-electron chi connectivity index (χ0n) is 12.4. The topological polar surface area (TPSA) is 17.1 Å². The van der Waals surface area contributed by atoms with Gasteiger partial charge in [-0.3, -0.25) is 4.79 Å². The minimum Gasteiger partial charge on any atom is -0.298 e. The summed E-state index contributed by atoms with van der Waals surface area (Å²) in [7, 11) is 0. The summed E-state index contributed by atoms with van der Waals surface area (Å²) in [5.74, 6) is 0. The van der Waals surface area contributed by atoms with Crippen LogP contribution in [0.4, 0.5) is 0 Å². The van der Waals surface area contributed by atoms with E-state index in [2.05, 4.69) is 30.8 Å². The predicted octanol–water partition coefficient (Wildman–Crippen LogP) is 5.25. The summed E-state index contributed by atoms with van der Waals surface area (Å²) in [6.07, 6.45) is 0.833. The van der Waals surface area contributed by atoms with E-state index < -0.39 is 0 Å². The lowest BCUT2D eigenvalue weighted by atomic mass is 10.0. The van der Waals surface area contributed by atoms with Crippen molar-refractivity contribution in [3.63, 3.8) is 0 Å². The molecule has 0 unspecified atom stereocenters. The van der Waals surface area contributed by atoms with Crippen molar-refractivity contribution in [1.82, 2.24) is 0 Å². The fourth-order valence-electron chi connectivity index (χ4n) is 1.98. The van der Waals surface area contributed by atoms with E-state index in [4.69, 9.17) is 0 Å². The lowest BCUT2D eigenvalue weighted by molar-refractivity contribution is 0.112. The predicted molar refractivity (Wildman–Crippen MR) is 92.8 cm³/mol. The zero-order chi connectivity index (χ0) is 15.6. The Kier molecular flexibility index (Phi) is 5.89. The van der Waals surface area contributed by atoms with Gasteiger partial charge in [-0.2, -0.15) is 0 Å². The van der Waals surface area contributed by atoms with Crippen molar-refractivity contribution >= 4 is 11.9 Å². The summed E-state index contributed by atoms with van der Waals surface area (Å²) in [4.78, 5) is 10.0. The molecule has 0 heterocycles. The molecule has 22 heavy (non-hydrogen) atoms. The number of hydrogen-bond donors (Lipinski definition) is 0. The molecule has 0 amide bonds. The maximum atomic E-state index is 10.0. The molecule has 108 valence electrons. The van der Waals surface area contributed by atoms with Gasteiger partial charge in [0.2, 0.25) is 0 Å². The Hall–Kier alpha value is -2.93. The summed E-state index contributed by atoms with van der Waals surface area (Å²) in [6.45, 7) is 4.10. The molecule has 0 radical (unpaired) electrons. The molecule has 0 saturated carbocycles. The minimum atomic E-state index is 0.729. The summed E-state index contributed by atoms with van der Waals surface area (Å²) < 4.78 is 0. The van der Waals surface area contributed by atoms with Crippen LogP contribution >= 0.6 is 0 Å². The van der Waals surface area contributed by atoms with Crippen molar-refractivity contribution in [2.24, 2.45) is 0 Å². The third-order valence-corrected chi connectivity index (χ3v) is 3.18. The normalized spacial score (nSPS) is 9.27. The number of rotatable bonds is 3. The first-order valence-electron chi connectivity index (χ1n) is 7.11. The van der Waals surface area contributed by atoms with Crippen LogP contribution < -0.4 is 0 Å². The first-order chi connectivity index (χ1) is 10.8. The van der Waals surface area contributed by atoms with Crippen LogP contribution in [0.1, 0.15) is 21.5 Å². The van der Waals surface area contributed by atoms with E-state index in [1.54, 1.807) is 12.1 Å². The van der Waals surface area contributed by atoms with Gasteiger partial charge in [0.15, 0.2) is 0 Å². The quantitative estimate of drug-likeness (QED) is 0.601. The van der Waals surface area contributed by atoms with Crippen LogP contribution in [0.25, 0.3) is 5.57 Å². The first-order valence-corrected chi connectivity index (χ1v) is 7.11. The molecular formula is C21H18O. The highest BCUT2D eigenvalue weighted by Crippen LogP contribution is 2.20. The van der Waals surface area contributed by atoms with Crippen molar-refractivity contribution in [3.8, 4) is 0 Å². The van der Waals surface area contributed by atoms with E-state index in [1.807, 2.05) is 54.6 Å². The molecule has 0 aromatic heterocycles. The lowest BCUT2D eigenvalue weighted by Crippen LogP contribution is -1.84. The maximum Gasteiger partial charge on any atom is 0.150 e. The Morgan fingerprint density at radius 2 is 1.00 bits per heavy atom. The van der Waals surface area contributed by atoms with Crippen molar-refractivity contribution in [1.29, 1.82) is 0 Å². The SMILES string of the molecule is C=C(c1ccccc1)c1ccccc1.O=Cc1ccccc1. The van der Waals surface area contributed by atoms with Gasteiger partial charge in [-0.25, -0.2) is 0 Å². The maximum absolute atomic E-state index is 10.0. The smallest absolute Gasteiger partial charge is 0.150 e. The first kappa shape index (κ1) is 15.5. The Morgan fingerprint density at radius 1 is 0.636 bits per heavy atom. The number of benzene rings is 3. The van der Waals surface area contributed by atoms with Crippen LogP contribution in [-0.2, 0) is 0 Å². The van der Waals surface area contributed by atoms with Gasteiger partial charge >= 0.3 is 0 Å². The molecule has 1 nitrogen and oxygen atoms in total. The molecule has 3 rings (SSSR count). The number of aldehydes is 1. The Balaban J connectivity index is 0.000000188. The second-order valence-corrected chi connectivity index (χ2v) is 4.74. The molecule has 0 aliphatic heterocycles. The van der Waals surface area contributed by atoms with Gasteiger partial charge in [0.05, 0.1) is 0 Å². The van der Waals surface area contributed by atoms with Crippen LogP contribution in [-0.4, -0.2) is 6.29 Å². The van der Waals surface area contributed by atoms with E-state index >= 15 is 0 Å². The largest absolute Gasteiger partial charge is 0.298 e. The Bertz CT molecular complexity index is 659.